The zero-order valence-electron chi connectivity index (χ0n) is 17.1. The minimum Gasteiger partial charge on any atom is -0.497 e. The van der Waals surface area contributed by atoms with Crippen LogP contribution in [0.2, 0.25) is 0 Å². The van der Waals surface area contributed by atoms with Crippen LogP contribution < -0.4 is 20.3 Å². The molecular weight excluding hydrogens is 370 g/mol. The van der Waals surface area contributed by atoms with Gasteiger partial charge in [0.1, 0.15) is 11.6 Å². The normalized spacial score (nSPS) is 15.1. The number of methoxy groups -OCH3 is 1. The van der Waals surface area contributed by atoms with Gasteiger partial charge in [-0.3, -0.25) is 9.59 Å². The molecule has 1 unspecified atom stereocenters. The van der Waals surface area contributed by atoms with Crippen LogP contribution in [0.4, 0.5) is 11.5 Å². The van der Waals surface area contributed by atoms with Crippen LogP contribution in [0.25, 0.3) is 0 Å². The molecule has 3 N–H and O–H groups in total. The van der Waals surface area contributed by atoms with Gasteiger partial charge < -0.3 is 20.3 Å². The minimum atomic E-state index is -0.129. The maximum atomic E-state index is 12.5. The Morgan fingerprint density at radius 2 is 1.76 bits per heavy atom. The van der Waals surface area contributed by atoms with Crippen LogP contribution in [0, 0.1) is 0 Å². The highest BCUT2D eigenvalue weighted by molar-refractivity contribution is 5.92. The van der Waals surface area contributed by atoms with Crippen molar-refractivity contribution < 1.29 is 19.2 Å². The first kappa shape index (κ1) is 20.9. The number of quaternary nitrogens is 1. The smallest absolute Gasteiger partial charge is 0.280 e. The zero-order valence-corrected chi connectivity index (χ0v) is 17.1. The monoisotopic (exact) mass is 400 g/mol. The summed E-state index contributed by atoms with van der Waals surface area (Å²) in [7, 11) is 1.60. The predicted molar refractivity (Wildman–Crippen MR) is 111 cm³/mol. The third kappa shape index (κ3) is 5.80. The Hall–Kier alpha value is -2.87. The number of ether oxygens (including phenoxy) is 1. The van der Waals surface area contributed by atoms with E-state index in [0.29, 0.717) is 18.3 Å². The first-order valence-electron chi connectivity index (χ1n) is 10.2. The zero-order chi connectivity index (χ0) is 20.6. The van der Waals surface area contributed by atoms with Crippen LogP contribution in [0.3, 0.4) is 0 Å². The molecule has 1 aromatic carbocycles. The second-order valence-corrected chi connectivity index (χ2v) is 7.38. The molecule has 29 heavy (non-hydrogen) atoms. The SMILES string of the molecule is CC[NH+](CC(=O)Nc1ccc(OC)cc1)CC(=O)Nc1ccnn1C1CCCC1. The average Bonchev–Trinajstić information content (AvgIpc) is 3.39. The number of amides is 2. The van der Waals surface area contributed by atoms with Crippen LogP contribution in [-0.4, -0.2) is 48.3 Å². The van der Waals surface area contributed by atoms with Crippen molar-refractivity contribution >= 4 is 23.3 Å². The number of aromatic nitrogens is 2. The van der Waals surface area contributed by atoms with Crippen molar-refractivity contribution in [2.75, 3.05) is 37.4 Å². The number of hydrogen-bond acceptors (Lipinski definition) is 4. The molecule has 0 spiro atoms. The van der Waals surface area contributed by atoms with Crippen molar-refractivity contribution in [2.45, 2.75) is 38.6 Å². The Bertz CT molecular complexity index is 812. The third-order valence-corrected chi connectivity index (χ3v) is 5.30. The maximum Gasteiger partial charge on any atom is 0.280 e. The van der Waals surface area contributed by atoms with E-state index in [1.54, 1.807) is 37.6 Å². The van der Waals surface area contributed by atoms with E-state index in [4.69, 9.17) is 4.74 Å². The second-order valence-electron chi connectivity index (χ2n) is 7.38. The molecule has 1 aromatic heterocycles. The molecule has 156 valence electrons. The van der Waals surface area contributed by atoms with Gasteiger partial charge in [-0.05, 0) is 44.0 Å². The second kappa shape index (κ2) is 10.1. The van der Waals surface area contributed by atoms with E-state index < -0.39 is 0 Å². The average molecular weight is 401 g/mol. The number of nitrogens with one attached hydrogen (secondary N) is 3. The van der Waals surface area contributed by atoms with Gasteiger partial charge in [0.05, 0.1) is 25.9 Å². The summed E-state index contributed by atoms with van der Waals surface area (Å²) in [5, 5.41) is 10.2. The molecule has 2 amide bonds. The number of likely N-dealkylation sites (N-methyl/N-ethyl adjacent to an activating group) is 1. The van der Waals surface area contributed by atoms with Crippen molar-refractivity contribution in [3.05, 3.63) is 36.5 Å². The standard InChI is InChI=1S/C21H29N5O3/c1-3-25(14-20(27)23-16-8-10-18(29-2)11-9-16)15-21(28)24-19-12-13-22-26(19)17-6-4-5-7-17/h8-13,17H,3-7,14-15H2,1-2H3,(H,23,27)(H,24,28)/p+1. The number of benzene rings is 1. The van der Waals surface area contributed by atoms with Crippen LogP contribution in [-0.2, 0) is 9.59 Å². The minimum absolute atomic E-state index is 0.112. The lowest BCUT2D eigenvalue weighted by Crippen LogP contribution is -3.13. The third-order valence-electron chi connectivity index (χ3n) is 5.30. The van der Waals surface area contributed by atoms with Gasteiger partial charge in [0.25, 0.3) is 11.8 Å². The lowest BCUT2D eigenvalue weighted by Gasteiger charge is -2.18. The number of carbonyl (C=O) groups is 2. The first-order valence-corrected chi connectivity index (χ1v) is 10.2. The van der Waals surface area contributed by atoms with Gasteiger partial charge in [-0.1, -0.05) is 12.8 Å². The fourth-order valence-electron chi connectivity index (χ4n) is 3.69. The predicted octanol–water partition coefficient (Wildman–Crippen LogP) is 1.49. The summed E-state index contributed by atoms with van der Waals surface area (Å²) in [5.41, 5.74) is 0.705. The molecule has 0 bridgehead atoms. The Balaban J connectivity index is 1.50. The number of anilines is 2. The van der Waals surface area contributed by atoms with Crippen molar-refractivity contribution in [1.82, 2.24) is 9.78 Å². The summed E-state index contributed by atoms with van der Waals surface area (Å²) >= 11 is 0. The van der Waals surface area contributed by atoms with E-state index in [-0.39, 0.29) is 24.9 Å². The molecule has 0 aliphatic heterocycles. The molecule has 1 aliphatic rings. The first-order chi connectivity index (χ1) is 14.1. The summed E-state index contributed by atoms with van der Waals surface area (Å²) in [6.45, 7) is 3.08. The van der Waals surface area contributed by atoms with Gasteiger partial charge in [0.15, 0.2) is 13.1 Å². The highest BCUT2D eigenvalue weighted by atomic mass is 16.5. The van der Waals surface area contributed by atoms with Gasteiger partial charge in [0, 0.05) is 11.8 Å². The number of carbonyl (C=O) groups excluding carboxylic acids is 2. The number of nitrogens with zero attached hydrogens (tertiary/aromatic N) is 2. The van der Waals surface area contributed by atoms with Crippen LogP contribution in [0.5, 0.6) is 5.75 Å². The van der Waals surface area contributed by atoms with E-state index in [1.807, 2.05) is 17.7 Å². The molecular formula is C21H30N5O3+. The van der Waals surface area contributed by atoms with Gasteiger partial charge in [-0.25, -0.2) is 4.68 Å². The van der Waals surface area contributed by atoms with E-state index in [0.717, 1.165) is 29.3 Å². The maximum absolute atomic E-state index is 12.5. The molecule has 8 nitrogen and oxygen atoms in total. The van der Waals surface area contributed by atoms with E-state index in [1.165, 1.54) is 12.8 Å². The summed E-state index contributed by atoms with van der Waals surface area (Å²) in [6.07, 6.45) is 6.33. The lowest BCUT2D eigenvalue weighted by atomic mass is 10.2. The fourth-order valence-corrected chi connectivity index (χ4v) is 3.69. The Morgan fingerprint density at radius 3 is 2.38 bits per heavy atom. The highest BCUT2D eigenvalue weighted by Gasteiger charge is 2.22. The van der Waals surface area contributed by atoms with Crippen LogP contribution in [0.15, 0.2) is 36.5 Å². The van der Waals surface area contributed by atoms with Crippen molar-refractivity contribution in [3.8, 4) is 5.75 Å². The molecule has 1 saturated carbocycles. The topological polar surface area (TPSA) is 89.7 Å². The molecule has 1 atom stereocenters. The Labute approximate surface area is 171 Å². The molecule has 3 rings (SSSR count). The van der Waals surface area contributed by atoms with Crippen LogP contribution in [0.1, 0.15) is 38.6 Å². The number of rotatable bonds is 9. The summed E-state index contributed by atoms with van der Waals surface area (Å²) in [6, 6.07) is 9.36. The van der Waals surface area contributed by atoms with Crippen LogP contribution >= 0.6 is 0 Å². The van der Waals surface area contributed by atoms with E-state index >= 15 is 0 Å². The molecule has 0 saturated heterocycles. The van der Waals surface area contributed by atoms with E-state index in [2.05, 4.69) is 15.7 Å². The summed E-state index contributed by atoms with van der Waals surface area (Å²) in [5.74, 6) is 1.23. The number of hydrogen-bond donors (Lipinski definition) is 3. The van der Waals surface area contributed by atoms with Gasteiger partial charge >= 0.3 is 0 Å². The molecule has 0 radical (unpaired) electrons. The highest BCUT2D eigenvalue weighted by Crippen LogP contribution is 2.31. The lowest BCUT2D eigenvalue weighted by molar-refractivity contribution is -0.881. The Morgan fingerprint density at radius 1 is 1.10 bits per heavy atom. The van der Waals surface area contributed by atoms with Gasteiger partial charge in [0.2, 0.25) is 0 Å². The largest absolute Gasteiger partial charge is 0.497 e. The molecule has 2 aromatic rings. The fraction of sp³-hybridized carbons (Fsp3) is 0.476. The van der Waals surface area contributed by atoms with Crippen molar-refractivity contribution in [1.29, 1.82) is 0 Å². The van der Waals surface area contributed by atoms with Crippen molar-refractivity contribution in [2.24, 2.45) is 0 Å². The Kier molecular flexibility index (Phi) is 7.24. The van der Waals surface area contributed by atoms with E-state index in [9.17, 15) is 9.59 Å². The molecule has 1 fully saturated rings. The molecule has 8 heteroatoms. The summed E-state index contributed by atoms with van der Waals surface area (Å²) in [4.78, 5) is 25.8. The van der Waals surface area contributed by atoms with Gasteiger partial charge in [-0.15, -0.1) is 0 Å². The molecule has 1 heterocycles. The summed E-state index contributed by atoms with van der Waals surface area (Å²) < 4.78 is 7.04. The quantitative estimate of drug-likeness (QED) is 0.595. The van der Waals surface area contributed by atoms with Gasteiger partial charge in [-0.2, -0.15) is 5.10 Å². The molecule has 1 aliphatic carbocycles. The van der Waals surface area contributed by atoms with Crippen molar-refractivity contribution in [3.63, 3.8) is 0 Å².